The minimum atomic E-state index is -0.941. The second-order valence-electron chi connectivity index (χ2n) is 4.41. The van der Waals surface area contributed by atoms with Gasteiger partial charge in [-0.05, 0) is 45.9 Å². The van der Waals surface area contributed by atoms with Gasteiger partial charge in [-0.15, -0.1) is 0 Å². The average molecular weight is 296 g/mol. The zero-order valence-electron chi connectivity index (χ0n) is 8.39. The summed E-state index contributed by atoms with van der Waals surface area (Å²) in [6, 6.07) is 0. The van der Waals surface area contributed by atoms with E-state index in [-0.39, 0.29) is 12.0 Å². The fourth-order valence-corrected chi connectivity index (χ4v) is 2.60. The van der Waals surface area contributed by atoms with Crippen LogP contribution < -0.4 is 0 Å². The third-order valence-electron chi connectivity index (χ3n) is 3.26. The zero-order chi connectivity index (χ0) is 10.3. The minimum absolute atomic E-state index is 0.153. The number of hydrogen-bond donors (Lipinski definition) is 2. The molecule has 76 valence electrons. The van der Waals surface area contributed by atoms with Crippen LogP contribution in [0, 0.1) is 5.41 Å². The van der Waals surface area contributed by atoms with E-state index in [0.29, 0.717) is 6.42 Å². The topological polar surface area (TPSA) is 40.5 Å². The third-order valence-corrected chi connectivity index (χ3v) is 5.53. The number of hydrogen-bond acceptors (Lipinski definition) is 2. The molecule has 0 heterocycles. The van der Waals surface area contributed by atoms with Crippen LogP contribution in [0.3, 0.4) is 0 Å². The monoisotopic (exact) mass is 296 g/mol. The predicted octanol–water partition coefficient (Wildman–Crippen LogP) is 2.24. The van der Waals surface area contributed by atoms with Gasteiger partial charge < -0.3 is 10.2 Å². The lowest BCUT2D eigenvalue weighted by molar-refractivity contribution is -0.0932. The molecule has 0 aliphatic heterocycles. The summed E-state index contributed by atoms with van der Waals surface area (Å²) in [6.45, 7) is 5.93. The molecular weight excluding hydrogens is 279 g/mol. The molecule has 0 aromatic rings. The first-order valence-electron chi connectivity index (χ1n) is 4.54. The van der Waals surface area contributed by atoms with Crippen LogP contribution in [0.25, 0.3) is 0 Å². The van der Waals surface area contributed by atoms with E-state index in [1.165, 1.54) is 9.15 Å². The summed E-state index contributed by atoms with van der Waals surface area (Å²) < 4.78 is 1.19. The fourth-order valence-electron chi connectivity index (χ4n) is 1.83. The lowest BCUT2D eigenvalue weighted by atomic mass is 9.68. The Morgan fingerprint density at radius 1 is 1.46 bits per heavy atom. The van der Waals surface area contributed by atoms with E-state index >= 15 is 0 Å². The van der Waals surface area contributed by atoms with E-state index in [9.17, 15) is 10.2 Å². The van der Waals surface area contributed by atoms with Crippen molar-refractivity contribution in [3.63, 3.8) is 0 Å². The fraction of sp³-hybridized carbons (Fsp3) is 0.800. The van der Waals surface area contributed by atoms with Crippen LogP contribution in [0.5, 0.6) is 0 Å². The van der Waals surface area contributed by atoms with Gasteiger partial charge in [0.05, 0.1) is 12.2 Å². The summed E-state index contributed by atoms with van der Waals surface area (Å²) in [7, 11) is 0. The molecule has 2 N–H and O–H groups in total. The molecule has 1 aliphatic rings. The maximum absolute atomic E-state index is 10.2. The van der Waals surface area contributed by atoms with Gasteiger partial charge in [0.1, 0.15) is 0 Å². The lowest BCUT2D eigenvalue weighted by Crippen LogP contribution is -2.50. The molecule has 0 spiro atoms. The standard InChI is InChI=1S/C10H17IO2/c1-7-4-5-10(13,6-12)9(2,3)8(7)11/h12-13H,4-6H2,1-3H3/t10-/m1/s1. The molecule has 2 nitrogen and oxygen atoms in total. The maximum atomic E-state index is 10.2. The third kappa shape index (κ3) is 1.66. The molecule has 0 aromatic heterocycles. The van der Waals surface area contributed by atoms with Crippen LogP contribution in [0.1, 0.15) is 33.6 Å². The second-order valence-corrected chi connectivity index (χ2v) is 5.49. The van der Waals surface area contributed by atoms with Crippen molar-refractivity contribution in [2.75, 3.05) is 6.61 Å². The number of aliphatic hydroxyl groups excluding tert-OH is 1. The molecule has 13 heavy (non-hydrogen) atoms. The SMILES string of the molecule is CC1=C(I)C(C)(C)[C@](O)(CO)CC1. The van der Waals surface area contributed by atoms with Gasteiger partial charge in [0.2, 0.25) is 0 Å². The molecular formula is C10H17IO2. The van der Waals surface area contributed by atoms with E-state index in [4.69, 9.17) is 0 Å². The summed E-state index contributed by atoms with van der Waals surface area (Å²) in [5.41, 5.74) is 0.0805. The maximum Gasteiger partial charge on any atom is 0.0975 e. The van der Waals surface area contributed by atoms with Crippen molar-refractivity contribution < 1.29 is 10.2 Å². The van der Waals surface area contributed by atoms with E-state index < -0.39 is 5.60 Å². The van der Waals surface area contributed by atoms with Crippen LogP contribution in [0.2, 0.25) is 0 Å². The lowest BCUT2D eigenvalue weighted by Gasteiger charge is -2.45. The summed E-state index contributed by atoms with van der Waals surface area (Å²) in [5, 5.41) is 19.4. The van der Waals surface area contributed by atoms with Gasteiger partial charge in [0, 0.05) is 5.41 Å². The second kappa shape index (κ2) is 3.51. The normalized spacial score (nSPS) is 33.7. The summed E-state index contributed by atoms with van der Waals surface area (Å²) in [6.07, 6.45) is 1.55. The first kappa shape index (κ1) is 11.5. The predicted molar refractivity (Wildman–Crippen MR) is 61.8 cm³/mol. The minimum Gasteiger partial charge on any atom is -0.393 e. The van der Waals surface area contributed by atoms with Crippen LogP contribution in [-0.2, 0) is 0 Å². The summed E-state index contributed by atoms with van der Waals surface area (Å²) in [4.78, 5) is 0. The van der Waals surface area contributed by atoms with Crippen molar-refractivity contribution in [2.45, 2.75) is 39.2 Å². The highest BCUT2D eigenvalue weighted by atomic mass is 127. The summed E-state index contributed by atoms with van der Waals surface area (Å²) in [5.74, 6) is 0. The molecule has 1 atom stereocenters. The van der Waals surface area contributed by atoms with Gasteiger partial charge in [0.25, 0.3) is 0 Å². The van der Waals surface area contributed by atoms with Crippen molar-refractivity contribution in [1.29, 1.82) is 0 Å². The highest BCUT2D eigenvalue weighted by Crippen LogP contribution is 2.49. The molecule has 3 heteroatoms. The summed E-state index contributed by atoms with van der Waals surface area (Å²) >= 11 is 2.28. The van der Waals surface area contributed by atoms with Gasteiger partial charge in [-0.2, -0.15) is 0 Å². The molecule has 0 bridgehead atoms. The average Bonchev–Trinajstić information content (AvgIpc) is 2.09. The van der Waals surface area contributed by atoms with Crippen molar-refractivity contribution in [3.8, 4) is 0 Å². The molecule has 0 saturated carbocycles. The van der Waals surface area contributed by atoms with E-state index in [0.717, 1.165) is 6.42 Å². The molecule has 0 unspecified atom stereocenters. The van der Waals surface area contributed by atoms with Gasteiger partial charge in [-0.1, -0.05) is 19.4 Å². The van der Waals surface area contributed by atoms with E-state index in [1.54, 1.807) is 0 Å². The highest BCUT2D eigenvalue weighted by molar-refractivity contribution is 14.1. The largest absolute Gasteiger partial charge is 0.393 e. The van der Waals surface area contributed by atoms with E-state index in [2.05, 4.69) is 29.5 Å². The van der Waals surface area contributed by atoms with Gasteiger partial charge in [-0.3, -0.25) is 0 Å². The first-order chi connectivity index (χ1) is 5.85. The van der Waals surface area contributed by atoms with Crippen LogP contribution in [0.15, 0.2) is 9.15 Å². The Labute approximate surface area is 93.2 Å². The molecule has 1 aliphatic carbocycles. The molecule has 0 saturated heterocycles. The number of rotatable bonds is 1. The molecule has 0 aromatic carbocycles. The number of aliphatic hydroxyl groups is 2. The van der Waals surface area contributed by atoms with Gasteiger partial charge in [-0.25, -0.2) is 0 Å². The quantitative estimate of drug-likeness (QED) is 0.729. The molecule has 0 radical (unpaired) electrons. The Balaban J connectivity index is 3.12. The van der Waals surface area contributed by atoms with Gasteiger partial charge in [0.15, 0.2) is 0 Å². The molecule has 1 rings (SSSR count). The van der Waals surface area contributed by atoms with Crippen molar-refractivity contribution in [3.05, 3.63) is 9.15 Å². The van der Waals surface area contributed by atoms with Crippen LogP contribution in [0.4, 0.5) is 0 Å². The van der Waals surface area contributed by atoms with Crippen LogP contribution >= 0.6 is 22.6 Å². The Morgan fingerprint density at radius 2 is 2.00 bits per heavy atom. The Kier molecular flexibility index (Phi) is 3.10. The smallest absolute Gasteiger partial charge is 0.0975 e. The van der Waals surface area contributed by atoms with Crippen LogP contribution in [-0.4, -0.2) is 22.4 Å². The Bertz CT molecular complexity index is 245. The first-order valence-corrected chi connectivity index (χ1v) is 5.62. The highest BCUT2D eigenvalue weighted by Gasteiger charge is 2.47. The van der Waals surface area contributed by atoms with Crippen molar-refractivity contribution >= 4 is 22.6 Å². The molecule has 0 amide bonds. The van der Waals surface area contributed by atoms with E-state index in [1.807, 2.05) is 13.8 Å². The number of allylic oxidation sites excluding steroid dienone is 1. The molecule has 0 fully saturated rings. The Morgan fingerprint density at radius 3 is 2.46 bits per heavy atom. The zero-order valence-corrected chi connectivity index (χ0v) is 10.6. The number of halogens is 1. The van der Waals surface area contributed by atoms with Gasteiger partial charge >= 0.3 is 0 Å². The Hall–Kier alpha value is 0.390. The van der Waals surface area contributed by atoms with Crippen molar-refractivity contribution in [1.82, 2.24) is 0 Å². The van der Waals surface area contributed by atoms with Crippen molar-refractivity contribution in [2.24, 2.45) is 5.41 Å².